The topological polar surface area (TPSA) is 92.7 Å². The Hall–Kier alpha value is -3.15. The Morgan fingerprint density at radius 3 is 2.42 bits per heavy atom. The van der Waals surface area contributed by atoms with E-state index in [2.05, 4.69) is 5.32 Å². The minimum Gasteiger partial charge on any atom is -0.484 e. The van der Waals surface area contributed by atoms with Gasteiger partial charge in [0.2, 0.25) is 0 Å². The summed E-state index contributed by atoms with van der Waals surface area (Å²) < 4.78 is 5.36. The molecule has 0 aliphatic heterocycles. The quantitative estimate of drug-likeness (QED) is 0.745. The minimum atomic E-state index is -1.16. The molecule has 6 nitrogen and oxygen atoms in total. The molecule has 0 bridgehead atoms. The predicted molar refractivity (Wildman–Crippen MR) is 96.4 cm³/mol. The van der Waals surface area contributed by atoms with Gasteiger partial charge in [-0.3, -0.25) is 9.59 Å². The van der Waals surface area contributed by atoms with E-state index in [1.54, 1.807) is 30.3 Å². The molecule has 0 fully saturated rings. The monoisotopic (exact) mass is 355 g/mol. The molecule has 2 aromatic carbocycles. The fourth-order valence-electron chi connectivity index (χ4n) is 2.39. The van der Waals surface area contributed by atoms with Crippen molar-refractivity contribution in [2.75, 3.05) is 6.61 Å². The first-order valence-corrected chi connectivity index (χ1v) is 8.11. The van der Waals surface area contributed by atoms with Crippen LogP contribution in [0.1, 0.15) is 40.0 Å². The number of aryl methyl sites for hydroxylation is 2. The fraction of sp³-hybridized carbons (Fsp3) is 0.250. The SMILES string of the molecule is CC(=O)c1cccc(OCC(=O)NC(C(=O)O)c2ccc(C)c(C)c2)c1. The fourth-order valence-corrected chi connectivity index (χ4v) is 2.39. The highest BCUT2D eigenvalue weighted by molar-refractivity contribution is 5.94. The number of rotatable bonds is 7. The summed E-state index contributed by atoms with van der Waals surface area (Å²) in [7, 11) is 0. The first-order chi connectivity index (χ1) is 12.3. The van der Waals surface area contributed by atoms with E-state index in [-0.39, 0.29) is 12.4 Å². The molecule has 0 aromatic heterocycles. The third-order valence-electron chi connectivity index (χ3n) is 4.03. The number of hydrogen-bond donors (Lipinski definition) is 2. The second kappa shape index (κ2) is 8.29. The number of ketones is 1. The van der Waals surface area contributed by atoms with Crippen molar-refractivity contribution in [2.24, 2.45) is 0 Å². The maximum absolute atomic E-state index is 12.1. The van der Waals surface area contributed by atoms with Gasteiger partial charge in [-0.25, -0.2) is 4.79 Å². The van der Waals surface area contributed by atoms with Gasteiger partial charge in [-0.2, -0.15) is 0 Å². The third kappa shape index (κ3) is 4.92. The standard InChI is InChI=1S/C20H21NO5/c1-12-7-8-16(9-13(12)2)19(20(24)25)21-18(23)11-26-17-6-4-5-15(10-17)14(3)22/h4-10,19H,11H2,1-3H3,(H,21,23)(H,24,25). The number of carboxylic acids is 1. The van der Waals surface area contributed by atoms with Crippen LogP contribution in [0.15, 0.2) is 42.5 Å². The summed E-state index contributed by atoms with van der Waals surface area (Å²) in [5.74, 6) is -1.46. The number of carbonyl (C=O) groups excluding carboxylic acids is 2. The summed E-state index contributed by atoms with van der Waals surface area (Å²) in [6, 6.07) is 10.5. The molecule has 2 N–H and O–H groups in total. The molecule has 0 saturated heterocycles. The summed E-state index contributed by atoms with van der Waals surface area (Å²) in [6.07, 6.45) is 0. The number of aliphatic carboxylic acids is 1. The van der Waals surface area contributed by atoms with Crippen molar-refractivity contribution in [3.05, 3.63) is 64.7 Å². The molecule has 0 aliphatic carbocycles. The maximum Gasteiger partial charge on any atom is 0.330 e. The van der Waals surface area contributed by atoms with Gasteiger partial charge in [0.05, 0.1) is 0 Å². The Kier molecular flexibility index (Phi) is 6.11. The number of Topliss-reactive ketones (excluding diaryl/α,β-unsaturated/α-hetero) is 1. The molecule has 0 heterocycles. The van der Waals surface area contributed by atoms with Crippen LogP contribution >= 0.6 is 0 Å². The average Bonchev–Trinajstić information content (AvgIpc) is 2.60. The van der Waals surface area contributed by atoms with Gasteiger partial charge in [0, 0.05) is 5.56 Å². The van der Waals surface area contributed by atoms with Crippen molar-refractivity contribution >= 4 is 17.7 Å². The van der Waals surface area contributed by atoms with Crippen LogP contribution in [0.4, 0.5) is 0 Å². The van der Waals surface area contributed by atoms with Gasteiger partial charge in [0.25, 0.3) is 5.91 Å². The first kappa shape index (κ1) is 19.2. The third-order valence-corrected chi connectivity index (χ3v) is 4.03. The molecular formula is C20H21NO5. The van der Waals surface area contributed by atoms with Gasteiger partial charge >= 0.3 is 5.97 Å². The molecule has 26 heavy (non-hydrogen) atoms. The normalized spacial score (nSPS) is 11.5. The zero-order chi connectivity index (χ0) is 19.3. The lowest BCUT2D eigenvalue weighted by Gasteiger charge is -2.16. The minimum absolute atomic E-state index is 0.111. The molecule has 1 atom stereocenters. The Morgan fingerprint density at radius 1 is 1.08 bits per heavy atom. The highest BCUT2D eigenvalue weighted by atomic mass is 16.5. The summed E-state index contributed by atoms with van der Waals surface area (Å²) >= 11 is 0. The first-order valence-electron chi connectivity index (χ1n) is 8.11. The molecule has 1 unspecified atom stereocenters. The number of amides is 1. The van der Waals surface area contributed by atoms with Crippen molar-refractivity contribution in [2.45, 2.75) is 26.8 Å². The number of benzene rings is 2. The molecule has 2 rings (SSSR count). The van der Waals surface area contributed by atoms with Crippen molar-refractivity contribution in [1.29, 1.82) is 0 Å². The van der Waals surface area contributed by atoms with Crippen LogP contribution in [0.5, 0.6) is 5.75 Å². The van der Waals surface area contributed by atoms with Gasteiger partial charge in [0.15, 0.2) is 18.4 Å². The van der Waals surface area contributed by atoms with Crippen molar-refractivity contribution in [3.8, 4) is 5.75 Å². The van der Waals surface area contributed by atoms with E-state index in [1.165, 1.54) is 13.0 Å². The molecule has 1 amide bonds. The van der Waals surface area contributed by atoms with Gasteiger partial charge < -0.3 is 15.2 Å². The van der Waals surface area contributed by atoms with Crippen LogP contribution in [0.2, 0.25) is 0 Å². The lowest BCUT2D eigenvalue weighted by Crippen LogP contribution is -2.36. The van der Waals surface area contributed by atoms with E-state index in [4.69, 9.17) is 4.74 Å². The highest BCUT2D eigenvalue weighted by Crippen LogP contribution is 2.18. The van der Waals surface area contributed by atoms with E-state index < -0.39 is 17.9 Å². The van der Waals surface area contributed by atoms with Crippen LogP contribution in [-0.2, 0) is 9.59 Å². The second-order valence-corrected chi connectivity index (χ2v) is 6.06. The molecule has 0 aliphatic rings. The smallest absolute Gasteiger partial charge is 0.330 e. The largest absolute Gasteiger partial charge is 0.484 e. The highest BCUT2D eigenvalue weighted by Gasteiger charge is 2.22. The van der Waals surface area contributed by atoms with E-state index in [9.17, 15) is 19.5 Å². The number of carboxylic acid groups (broad SMARTS) is 1. The van der Waals surface area contributed by atoms with E-state index >= 15 is 0 Å². The average molecular weight is 355 g/mol. The van der Waals surface area contributed by atoms with Crippen LogP contribution < -0.4 is 10.1 Å². The van der Waals surface area contributed by atoms with Crippen molar-refractivity contribution in [3.63, 3.8) is 0 Å². The molecule has 0 saturated carbocycles. The Balaban J connectivity index is 2.04. The summed E-state index contributed by atoms with van der Waals surface area (Å²) in [6.45, 7) is 4.89. The van der Waals surface area contributed by atoms with Crippen LogP contribution in [0.3, 0.4) is 0 Å². The molecule has 2 aromatic rings. The van der Waals surface area contributed by atoms with E-state index in [1.807, 2.05) is 19.9 Å². The van der Waals surface area contributed by atoms with E-state index in [0.717, 1.165) is 11.1 Å². The number of carbonyl (C=O) groups is 3. The molecular weight excluding hydrogens is 334 g/mol. The van der Waals surface area contributed by atoms with Gasteiger partial charge in [-0.05, 0) is 49.6 Å². The predicted octanol–water partition coefficient (Wildman–Crippen LogP) is 2.83. The zero-order valence-electron chi connectivity index (χ0n) is 14.9. The van der Waals surface area contributed by atoms with Crippen molar-refractivity contribution in [1.82, 2.24) is 5.32 Å². The van der Waals surface area contributed by atoms with Crippen molar-refractivity contribution < 1.29 is 24.2 Å². The lowest BCUT2D eigenvalue weighted by molar-refractivity contribution is -0.142. The van der Waals surface area contributed by atoms with Gasteiger partial charge in [0.1, 0.15) is 5.75 Å². The molecule has 6 heteroatoms. The Morgan fingerprint density at radius 2 is 1.81 bits per heavy atom. The summed E-state index contributed by atoms with van der Waals surface area (Å²) in [5.41, 5.74) is 2.95. The summed E-state index contributed by atoms with van der Waals surface area (Å²) in [5, 5.41) is 11.9. The number of hydrogen-bond acceptors (Lipinski definition) is 4. The number of ether oxygens (including phenoxy) is 1. The number of nitrogens with one attached hydrogen (secondary N) is 1. The lowest BCUT2D eigenvalue weighted by atomic mass is 10.0. The summed E-state index contributed by atoms with van der Waals surface area (Å²) in [4.78, 5) is 35.0. The molecule has 0 radical (unpaired) electrons. The van der Waals surface area contributed by atoms with Crippen LogP contribution in [0.25, 0.3) is 0 Å². The second-order valence-electron chi connectivity index (χ2n) is 6.06. The van der Waals surface area contributed by atoms with E-state index in [0.29, 0.717) is 16.9 Å². The molecule has 0 spiro atoms. The Bertz CT molecular complexity index is 844. The Labute approximate surface area is 151 Å². The molecule has 136 valence electrons. The van der Waals surface area contributed by atoms with Gasteiger partial charge in [-0.1, -0.05) is 30.3 Å². The maximum atomic E-state index is 12.1. The van der Waals surface area contributed by atoms with Crippen LogP contribution in [0, 0.1) is 13.8 Å². The zero-order valence-corrected chi connectivity index (χ0v) is 14.9. The van der Waals surface area contributed by atoms with Crippen LogP contribution in [-0.4, -0.2) is 29.4 Å². The van der Waals surface area contributed by atoms with Gasteiger partial charge in [-0.15, -0.1) is 0 Å².